The van der Waals surface area contributed by atoms with Gasteiger partial charge >= 0.3 is 0 Å². The maximum Gasteiger partial charge on any atom is 0.293 e. The first-order valence-electron chi connectivity index (χ1n) is 13.5. The summed E-state index contributed by atoms with van der Waals surface area (Å²) in [6.07, 6.45) is 1.65. The molecule has 3 amide bonds. The summed E-state index contributed by atoms with van der Waals surface area (Å²) in [4.78, 5) is 39.6. The van der Waals surface area contributed by atoms with Gasteiger partial charge in [-0.25, -0.2) is 0 Å². The number of ether oxygens (including phenoxy) is 3. The number of carbonyl (C=O) groups is 3. The predicted molar refractivity (Wildman–Crippen MR) is 162 cm³/mol. The fourth-order valence-electron chi connectivity index (χ4n) is 4.25. The lowest BCUT2D eigenvalue weighted by Crippen LogP contribution is -2.32. The van der Waals surface area contributed by atoms with Crippen LogP contribution >= 0.6 is 11.8 Å². The highest BCUT2D eigenvalue weighted by Gasteiger charge is 2.34. The van der Waals surface area contributed by atoms with Gasteiger partial charge in [-0.3, -0.25) is 19.3 Å². The van der Waals surface area contributed by atoms with E-state index in [4.69, 9.17) is 14.2 Å². The number of aryl methyl sites for hydroxylation is 1. The summed E-state index contributed by atoms with van der Waals surface area (Å²) in [7, 11) is 0. The molecule has 1 saturated heterocycles. The van der Waals surface area contributed by atoms with Crippen LogP contribution in [0, 0.1) is 6.92 Å². The first-order valence-corrected chi connectivity index (χ1v) is 14.3. The Bertz CT molecular complexity index is 1450. The molecule has 1 fully saturated rings. The van der Waals surface area contributed by atoms with Crippen LogP contribution in [0.2, 0.25) is 0 Å². The average Bonchev–Trinajstić information content (AvgIpc) is 3.20. The molecule has 3 aromatic carbocycles. The van der Waals surface area contributed by atoms with Gasteiger partial charge in [-0.15, -0.1) is 0 Å². The fraction of sp³-hybridized carbons (Fsp3) is 0.281. The van der Waals surface area contributed by atoms with E-state index in [9.17, 15) is 14.4 Å². The molecule has 4 rings (SSSR count). The normalized spacial score (nSPS) is 14.1. The summed E-state index contributed by atoms with van der Waals surface area (Å²) in [6, 6.07) is 20.4. The van der Waals surface area contributed by atoms with Crippen molar-refractivity contribution in [3.63, 3.8) is 0 Å². The van der Waals surface area contributed by atoms with Crippen LogP contribution in [-0.4, -0.2) is 48.3 Å². The molecule has 0 spiro atoms. The Morgan fingerprint density at radius 2 is 1.78 bits per heavy atom. The summed E-state index contributed by atoms with van der Waals surface area (Å²) >= 11 is 0.885. The first-order chi connectivity index (χ1) is 19.7. The Morgan fingerprint density at radius 3 is 2.54 bits per heavy atom. The second-order valence-electron chi connectivity index (χ2n) is 9.72. The van der Waals surface area contributed by atoms with Gasteiger partial charge in [-0.1, -0.05) is 50.2 Å². The highest BCUT2D eigenvalue weighted by molar-refractivity contribution is 8.18. The van der Waals surface area contributed by atoms with E-state index in [1.165, 1.54) is 4.90 Å². The van der Waals surface area contributed by atoms with Crippen LogP contribution in [-0.2, 0) is 9.59 Å². The average molecular weight is 575 g/mol. The number of carbonyl (C=O) groups excluding carboxylic acids is 3. The Kier molecular flexibility index (Phi) is 10.1. The van der Waals surface area contributed by atoms with Crippen LogP contribution in [0.25, 0.3) is 6.08 Å². The summed E-state index contributed by atoms with van der Waals surface area (Å²) in [5.41, 5.74) is 3.53. The molecular weight excluding hydrogens is 540 g/mol. The van der Waals surface area contributed by atoms with E-state index < -0.39 is 0 Å². The number of hydrogen-bond acceptors (Lipinski definition) is 7. The fourth-order valence-corrected chi connectivity index (χ4v) is 5.11. The first kappa shape index (κ1) is 29.7. The molecule has 3 aromatic rings. The number of nitrogens with zero attached hydrogens (tertiary/aromatic N) is 1. The van der Waals surface area contributed by atoms with Crippen molar-refractivity contribution in [1.29, 1.82) is 0 Å². The molecule has 0 bridgehead atoms. The lowest BCUT2D eigenvalue weighted by Gasteiger charge is -2.15. The topological polar surface area (TPSA) is 94.2 Å². The van der Waals surface area contributed by atoms with Crippen molar-refractivity contribution < 1.29 is 28.6 Å². The number of nitrogens with one attached hydrogen (secondary N) is 1. The van der Waals surface area contributed by atoms with Gasteiger partial charge < -0.3 is 19.5 Å². The second-order valence-corrected chi connectivity index (χ2v) is 10.7. The number of anilines is 1. The lowest BCUT2D eigenvalue weighted by molar-refractivity contribution is -0.123. The Balaban J connectivity index is 1.38. The van der Waals surface area contributed by atoms with Crippen LogP contribution in [0.3, 0.4) is 0 Å². The zero-order chi connectivity index (χ0) is 29.4. The summed E-state index contributed by atoms with van der Waals surface area (Å²) in [5, 5.41) is 2.57. The molecule has 1 aliphatic rings. The van der Waals surface area contributed by atoms with E-state index in [-0.39, 0.29) is 42.7 Å². The highest BCUT2D eigenvalue weighted by atomic mass is 32.2. The molecule has 0 unspecified atom stereocenters. The third-order valence-corrected chi connectivity index (χ3v) is 7.14. The standard InChI is InChI=1S/C32H34N2O6S/c1-5-38-28-18-23(13-14-27(28)40-20-30(35)33-26-12-7-6-11-25(26)21(2)3)19-29-31(36)34(32(37)41-29)15-16-39-24-10-8-9-22(4)17-24/h6-14,17-19,21H,5,15-16,20H2,1-4H3,(H,33,35)/b29-19-. The molecule has 1 heterocycles. The van der Waals surface area contributed by atoms with Gasteiger partial charge in [0, 0.05) is 5.69 Å². The minimum atomic E-state index is -0.371. The van der Waals surface area contributed by atoms with Gasteiger partial charge in [-0.05, 0) is 84.6 Å². The molecule has 0 aromatic heterocycles. The Labute approximate surface area is 244 Å². The third kappa shape index (κ3) is 7.91. The largest absolute Gasteiger partial charge is 0.492 e. The van der Waals surface area contributed by atoms with E-state index in [0.717, 1.165) is 28.6 Å². The Hall–Kier alpha value is -4.24. The molecule has 0 saturated carbocycles. The van der Waals surface area contributed by atoms with Gasteiger partial charge in [0.15, 0.2) is 18.1 Å². The summed E-state index contributed by atoms with van der Waals surface area (Å²) < 4.78 is 17.2. The van der Waals surface area contributed by atoms with Crippen molar-refractivity contribution in [3.8, 4) is 17.2 Å². The summed E-state index contributed by atoms with van der Waals surface area (Å²) in [6.45, 7) is 8.48. The van der Waals surface area contributed by atoms with Crippen molar-refractivity contribution >= 4 is 40.6 Å². The van der Waals surface area contributed by atoms with Crippen LogP contribution in [0.15, 0.2) is 71.6 Å². The van der Waals surface area contributed by atoms with Crippen LogP contribution < -0.4 is 19.5 Å². The van der Waals surface area contributed by atoms with Gasteiger partial charge in [0.1, 0.15) is 12.4 Å². The SMILES string of the molecule is CCOc1cc(/C=C2\SC(=O)N(CCOc3cccc(C)c3)C2=O)ccc1OCC(=O)Nc1ccccc1C(C)C. The maximum absolute atomic E-state index is 12.9. The molecule has 1 aliphatic heterocycles. The number of benzene rings is 3. The van der Waals surface area contributed by atoms with E-state index >= 15 is 0 Å². The van der Waals surface area contributed by atoms with Gasteiger partial charge in [0.05, 0.1) is 18.1 Å². The van der Waals surface area contributed by atoms with Gasteiger partial charge in [0.25, 0.3) is 17.1 Å². The van der Waals surface area contributed by atoms with Crippen LogP contribution in [0.1, 0.15) is 43.4 Å². The van der Waals surface area contributed by atoms with E-state index in [0.29, 0.717) is 34.3 Å². The smallest absolute Gasteiger partial charge is 0.293 e. The molecule has 9 heteroatoms. The van der Waals surface area contributed by atoms with Crippen molar-refractivity contribution in [3.05, 3.63) is 88.3 Å². The summed E-state index contributed by atoms with van der Waals surface area (Å²) in [5.74, 6) is 1.13. The third-order valence-electron chi connectivity index (χ3n) is 6.23. The molecular formula is C32H34N2O6S. The molecule has 0 aliphatic carbocycles. The number of rotatable bonds is 12. The van der Waals surface area contributed by atoms with Gasteiger partial charge in [-0.2, -0.15) is 0 Å². The number of imide groups is 1. The molecule has 214 valence electrons. The van der Waals surface area contributed by atoms with E-state index in [1.807, 2.05) is 62.4 Å². The van der Waals surface area contributed by atoms with E-state index in [1.54, 1.807) is 24.3 Å². The lowest BCUT2D eigenvalue weighted by atomic mass is 10.0. The van der Waals surface area contributed by atoms with Crippen molar-refractivity contribution in [2.24, 2.45) is 0 Å². The second kappa shape index (κ2) is 13.9. The Morgan fingerprint density at radius 1 is 0.976 bits per heavy atom. The van der Waals surface area contributed by atoms with Crippen molar-refractivity contribution in [2.75, 3.05) is 31.7 Å². The van der Waals surface area contributed by atoms with E-state index in [2.05, 4.69) is 19.2 Å². The monoisotopic (exact) mass is 574 g/mol. The molecule has 0 radical (unpaired) electrons. The minimum absolute atomic E-state index is 0.149. The zero-order valence-electron chi connectivity index (χ0n) is 23.6. The number of para-hydroxylation sites is 1. The quantitative estimate of drug-likeness (QED) is 0.242. The van der Waals surface area contributed by atoms with Crippen molar-refractivity contribution in [2.45, 2.75) is 33.6 Å². The van der Waals surface area contributed by atoms with Crippen LogP contribution in [0.4, 0.5) is 10.5 Å². The molecule has 1 N–H and O–H groups in total. The van der Waals surface area contributed by atoms with Gasteiger partial charge in [0.2, 0.25) is 0 Å². The predicted octanol–water partition coefficient (Wildman–Crippen LogP) is 6.65. The molecule has 0 atom stereocenters. The maximum atomic E-state index is 12.9. The highest BCUT2D eigenvalue weighted by Crippen LogP contribution is 2.35. The minimum Gasteiger partial charge on any atom is -0.492 e. The number of amides is 3. The molecule has 8 nitrogen and oxygen atoms in total. The van der Waals surface area contributed by atoms with Crippen molar-refractivity contribution in [1.82, 2.24) is 4.90 Å². The number of hydrogen-bond donors (Lipinski definition) is 1. The van der Waals surface area contributed by atoms with Crippen LogP contribution in [0.5, 0.6) is 17.2 Å². The number of thioether (sulfide) groups is 1. The molecule has 41 heavy (non-hydrogen) atoms. The zero-order valence-corrected chi connectivity index (χ0v) is 24.5.